The van der Waals surface area contributed by atoms with Crippen LogP contribution < -0.4 is 11.1 Å². The minimum atomic E-state index is 0. The Balaban J connectivity index is 0.00000121. The number of rotatable bonds is 3. The molecule has 128 valence electrons. The topological polar surface area (TPSA) is 110 Å². The van der Waals surface area contributed by atoms with E-state index in [0.717, 1.165) is 48.1 Å². The number of fused-ring (bicyclic) bond motifs is 1. The fraction of sp³-hybridized carbons (Fsp3) is 0.375. The fourth-order valence-corrected chi connectivity index (χ4v) is 3.80. The largest absolute Gasteiger partial charge is 0.346 e. The normalized spacial score (nSPS) is 21.0. The Morgan fingerprint density at radius 2 is 2.17 bits per heavy atom. The lowest BCUT2D eigenvalue weighted by molar-refractivity contribution is -0.120. The number of anilines is 1. The molecule has 0 bridgehead atoms. The van der Waals surface area contributed by atoms with Gasteiger partial charge in [0.1, 0.15) is 23.4 Å². The van der Waals surface area contributed by atoms with E-state index in [2.05, 4.69) is 25.3 Å². The van der Waals surface area contributed by atoms with E-state index >= 15 is 0 Å². The molecule has 0 atom stereocenters. The zero-order chi connectivity index (χ0) is 16.5. The van der Waals surface area contributed by atoms with E-state index < -0.39 is 0 Å². The number of thiazole rings is 1. The van der Waals surface area contributed by atoms with Gasteiger partial charge in [0.25, 0.3) is 0 Å². The van der Waals surface area contributed by atoms with Crippen molar-refractivity contribution in [2.75, 3.05) is 5.32 Å². The second kappa shape index (κ2) is 6.29. The molecular formula is C16H22N6OS. The number of aromatic amines is 1. The van der Waals surface area contributed by atoms with Crippen LogP contribution in [0, 0.1) is 5.92 Å². The summed E-state index contributed by atoms with van der Waals surface area (Å²) in [5.74, 6) is 0.0739. The van der Waals surface area contributed by atoms with E-state index in [0.29, 0.717) is 5.13 Å². The van der Waals surface area contributed by atoms with Crippen LogP contribution in [0.3, 0.4) is 0 Å². The Hall–Kier alpha value is -2.32. The first kappa shape index (κ1) is 15.2. The van der Waals surface area contributed by atoms with Crippen molar-refractivity contribution in [3.05, 3.63) is 24.0 Å². The van der Waals surface area contributed by atoms with Gasteiger partial charge in [-0.2, -0.15) is 0 Å². The number of H-pyrrole nitrogens is 1. The summed E-state index contributed by atoms with van der Waals surface area (Å²) in [4.78, 5) is 28.5. The van der Waals surface area contributed by atoms with E-state index in [4.69, 9.17) is 5.73 Å². The van der Waals surface area contributed by atoms with E-state index in [1.807, 2.05) is 17.6 Å². The average molecular weight is 346 g/mol. The van der Waals surface area contributed by atoms with Crippen LogP contribution in [0.2, 0.25) is 0 Å². The summed E-state index contributed by atoms with van der Waals surface area (Å²) in [6.07, 6.45) is 6.85. The van der Waals surface area contributed by atoms with Crippen molar-refractivity contribution in [1.82, 2.24) is 19.9 Å². The van der Waals surface area contributed by atoms with Gasteiger partial charge in [0.2, 0.25) is 5.91 Å². The van der Waals surface area contributed by atoms with Gasteiger partial charge in [0.15, 0.2) is 5.13 Å². The average Bonchev–Trinajstić information content (AvgIpc) is 3.24. The van der Waals surface area contributed by atoms with Crippen LogP contribution in [0.1, 0.15) is 28.5 Å². The lowest BCUT2D eigenvalue weighted by Gasteiger charge is -2.24. The van der Waals surface area contributed by atoms with Crippen molar-refractivity contribution in [2.45, 2.75) is 31.7 Å². The number of aromatic nitrogens is 4. The quantitative estimate of drug-likeness (QED) is 0.675. The Morgan fingerprint density at radius 3 is 3.00 bits per heavy atom. The molecule has 7 nitrogen and oxygen atoms in total. The van der Waals surface area contributed by atoms with Crippen LogP contribution in [-0.2, 0) is 4.79 Å². The standard InChI is InChI=1S/C16H18N6OS.2H2/c17-10-3-1-9(2-4-10)15(23)22-16-21-12(7-24-16)13-11-5-6-18-14(11)20-8-19-13;;/h5-10H,1-4,17H2,(H,18,19,20)(H,21,22,23);2*1H. The summed E-state index contributed by atoms with van der Waals surface area (Å²) in [7, 11) is 0. The molecule has 4 rings (SSSR count). The number of nitrogens with two attached hydrogens (primary N) is 1. The summed E-state index contributed by atoms with van der Waals surface area (Å²) in [5.41, 5.74) is 8.18. The molecule has 8 heteroatoms. The van der Waals surface area contributed by atoms with Crippen molar-refractivity contribution < 1.29 is 7.65 Å². The zero-order valence-electron chi connectivity index (χ0n) is 13.0. The molecule has 0 aromatic carbocycles. The number of nitrogens with one attached hydrogen (secondary N) is 2. The maximum absolute atomic E-state index is 12.4. The van der Waals surface area contributed by atoms with Crippen molar-refractivity contribution in [3.63, 3.8) is 0 Å². The van der Waals surface area contributed by atoms with Crippen molar-refractivity contribution in [3.8, 4) is 11.4 Å². The maximum Gasteiger partial charge on any atom is 0.229 e. The highest BCUT2D eigenvalue weighted by Gasteiger charge is 2.25. The number of nitrogens with zero attached hydrogens (tertiary/aromatic N) is 3. The molecule has 0 radical (unpaired) electrons. The number of carbonyl (C=O) groups excluding carboxylic acids is 1. The van der Waals surface area contributed by atoms with Gasteiger partial charge in [-0.15, -0.1) is 11.3 Å². The first-order valence-corrected chi connectivity index (χ1v) is 8.89. The number of carbonyl (C=O) groups is 1. The van der Waals surface area contributed by atoms with E-state index in [1.165, 1.54) is 17.7 Å². The smallest absolute Gasteiger partial charge is 0.229 e. The van der Waals surface area contributed by atoms with Gasteiger partial charge < -0.3 is 16.0 Å². The zero-order valence-corrected chi connectivity index (χ0v) is 13.8. The Labute approximate surface area is 145 Å². The van der Waals surface area contributed by atoms with Gasteiger partial charge >= 0.3 is 0 Å². The monoisotopic (exact) mass is 346 g/mol. The minimum absolute atomic E-state index is 0. The number of hydrogen-bond donors (Lipinski definition) is 3. The summed E-state index contributed by atoms with van der Waals surface area (Å²) in [5, 5.41) is 6.36. The molecule has 0 unspecified atom stereocenters. The first-order chi connectivity index (χ1) is 11.7. The summed E-state index contributed by atoms with van der Waals surface area (Å²) in [6.45, 7) is 0. The van der Waals surface area contributed by atoms with E-state index in [-0.39, 0.29) is 20.7 Å². The molecule has 3 aromatic rings. The molecule has 3 aromatic heterocycles. The Morgan fingerprint density at radius 1 is 1.33 bits per heavy atom. The highest BCUT2D eigenvalue weighted by Crippen LogP contribution is 2.29. The summed E-state index contributed by atoms with van der Waals surface area (Å²) >= 11 is 1.41. The van der Waals surface area contributed by atoms with Gasteiger partial charge in [-0.25, -0.2) is 15.0 Å². The predicted molar refractivity (Wildman–Crippen MR) is 97.8 cm³/mol. The fourth-order valence-electron chi connectivity index (χ4n) is 3.11. The van der Waals surface area contributed by atoms with Gasteiger partial charge in [-0.05, 0) is 31.7 Å². The third kappa shape index (κ3) is 2.90. The molecule has 1 saturated carbocycles. The van der Waals surface area contributed by atoms with Crippen LogP contribution in [0.25, 0.3) is 22.4 Å². The van der Waals surface area contributed by atoms with Crippen LogP contribution in [0.4, 0.5) is 5.13 Å². The highest BCUT2D eigenvalue weighted by atomic mass is 32.1. The lowest BCUT2D eigenvalue weighted by atomic mass is 9.86. The van der Waals surface area contributed by atoms with Crippen LogP contribution >= 0.6 is 11.3 Å². The Bertz CT molecular complexity index is 874. The second-order valence-corrected chi connectivity index (χ2v) is 6.96. The van der Waals surface area contributed by atoms with Gasteiger partial charge in [-0.1, -0.05) is 0 Å². The van der Waals surface area contributed by atoms with E-state index in [1.54, 1.807) is 0 Å². The van der Waals surface area contributed by atoms with Crippen molar-refractivity contribution in [1.29, 1.82) is 0 Å². The summed E-state index contributed by atoms with van der Waals surface area (Å²) in [6, 6.07) is 2.16. The van der Waals surface area contributed by atoms with Crippen LogP contribution in [-0.4, -0.2) is 31.9 Å². The molecule has 0 aliphatic heterocycles. The third-order valence-corrected chi connectivity index (χ3v) is 5.23. The van der Waals surface area contributed by atoms with Gasteiger partial charge in [-0.3, -0.25) is 4.79 Å². The molecule has 1 aliphatic carbocycles. The van der Waals surface area contributed by atoms with Gasteiger partial charge in [0.05, 0.1) is 0 Å². The number of hydrogen-bond acceptors (Lipinski definition) is 6. The predicted octanol–water partition coefficient (Wildman–Crippen LogP) is 3.03. The highest BCUT2D eigenvalue weighted by molar-refractivity contribution is 7.14. The third-order valence-electron chi connectivity index (χ3n) is 4.47. The second-order valence-electron chi connectivity index (χ2n) is 6.10. The van der Waals surface area contributed by atoms with Crippen molar-refractivity contribution >= 4 is 33.4 Å². The molecular weight excluding hydrogens is 324 g/mol. The minimum Gasteiger partial charge on any atom is -0.346 e. The molecule has 24 heavy (non-hydrogen) atoms. The first-order valence-electron chi connectivity index (χ1n) is 8.01. The van der Waals surface area contributed by atoms with Crippen LogP contribution in [0.5, 0.6) is 0 Å². The molecule has 0 saturated heterocycles. The van der Waals surface area contributed by atoms with Crippen LogP contribution in [0.15, 0.2) is 24.0 Å². The maximum atomic E-state index is 12.4. The van der Waals surface area contributed by atoms with Crippen molar-refractivity contribution in [2.24, 2.45) is 11.7 Å². The summed E-state index contributed by atoms with van der Waals surface area (Å²) < 4.78 is 0. The SMILES string of the molecule is NC1CCC(C(=O)Nc2nc(-c3ncnc4[nH]ccc34)cs2)CC1.[HH].[HH]. The number of amides is 1. The molecule has 1 amide bonds. The molecule has 1 aliphatic rings. The van der Waals surface area contributed by atoms with Gasteiger partial charge in [0, 0.05) is 31.8 Å². The molecule has 1 fully saturated rings. The Kier molecular flexibility index (Phi) is 3.99. The molecule has 4 N–H and O–H groups in total. The molecule has 0 spiro atoms. The molecule has 3 heterocycles. The lowest BCUT2D eigenvalue weighted by Crippen LogP contribution is -2.32. The van der Waals surface area contributed by atoms with E-state index in [9.17, 15) is 4.79 Å².